The molecular weight excluding hydrogens is 206 g/mol. The first-order chi connectivity index (χ1) is 8.08. The number of hydrogen-bond acceptors (Lipinski definition) is 1. The van der Waals surface area contributed by atoms with E-state index < -0.39 is 0 Å². The molecule has 0 saturated carbocycles. The fourth-order valence-electron chi connectivity index (χ4n) is 2.00. The fourth-order valence-corrected chi connectivity index (χ4v) is 2.00. The second-order valence-corrected chi connectivity index (χ2v) is 4.86. The molecule has 0 atom stereocenters. The van der Waals surface area contributed by atoms with Crippen LogP contribution >= 0.6 is 0 Å². The molecule has 0 aliphatic heterocycles. The number of hydrogen-bond donors (Lipinski definition) is 1. The van der Waals surface area contributed by atoms with Crippen molar-refractivity contribution in [1.82, 2.24) is 5.32 Å². The van der Waals surface area contributed by atoms with Crippen molar-refractivity contribution in [3.05, 3.63) is 41.5 Å². The summed E-state index contributed by atoms with van der Waals surface area (Å²) >= 11 is 0. The molecule has 0 saturated heterocycles. The molecule has 0 unspecified atom stereocenters. The number of nitrogens with one attached hydrogen (secondary N) is 1. The molecule has 1 aromatic rings. The van der Waals surface area contributed by atoms with Gasteiger partial charge in [0.2, 0.25) is 0 Å². The zero-order valence-corrected chi connectivity index (χ0v) is 11.6. The molecule has 1 aromatic carbocycles. The van der Waals surface area contributed by atoms with Crippen LogP contribution in [0.15, 0.2) is 24.8 Å². The van der Waals surface area contributed by atoms with Crippen LogP contribution < -0.4 is 5.32 Å². The van der Waals surface area contributed by atoms with Crippen molar-refractivity contribution in [2.45, 2.75) is 40.5 Å². The van der Waals surface area contributed by atoms with Gasteiger partial charge < -0.3 is 5.32 Å². The Morgan fingerprint density at radius 1 is 1.24 bits per heavy atom. The quantitative estimate of drug-likeness (QED) is 0.769. The summed E-state index contributed by atoms with van der Waals surface area (Å²) in [5.74, 6) is 0.747. The van der Waals surface area contributed by atoms with Gasteiger partial charge in [0.05, 0.1) is 0 Å². The minimum atomic E-state index is 0.747. The lowest BCUT2D eigenvalue weighted by molar-refractivity contribution is 0.481. The monoisotopic (exact) mass is 231 g/mol. The highest BCUT2D eigenvalue weighted by atomic mass is 14.9. The van der Waals surface area contributed by atoms with E-state index >= 15 is 0 Å². The van der Waals surface area contributed by atoms with Crippen LogP contribution in [0.1, 0.15) is 43.4 Å². The molecule has 0 amide bonds. The molecule has 0 spiro atoms. The molecule has 0 aliphatic rings. The summed E-state index contributed by atoms with van der Waals surface area (Å²) in [5.41, 5.74) is 4.88. The molecule has 1 heteroatoms. The van der Waals surface area contributed by atoms with Crippen molar-refractivity contribution in [3.63, 3.8) is 0 Å². The molecule has 1 nitrogen and oxygen atoms in total. The number of rotatable bonds is 6. The summed E-state index contributed by atoms with van der Waals surface area (Å²) in [6.45, 7) is 13.9. The molecule has 0 aliphatic carbocycles. The highest BCUT2D eigenvalue weighted by Crippen LogP contribution is 2.17. The summed E-state index contributed by atoms with van der Waals surface area (Å²) in [6, 6.07) is 6.51. The normalized spacial score (nSPS) is 10.6. The zero-order chi connectivity index (χ0) is 12.8. The maximum Gasteiger partial charge on any atom is 0.0343 e. The Morgan fingerprint density at radius 2 is 1.88 bits per heavy atom. The highest BCUT2D eigenvalue weighted by molar-refractivity contribution is 5.65. The molecular formula is C16H25N. The van der Waals surface area contributed by atoms with Gasteiger partial charge >= 0.3 is 0 Å². The molecule has 0 bridgehead atoms. The zero-order valence-electron chi connectivity index (χ0n) is 11.6. The molecule has 17 heavy (non-hydrogen) atoms. The first-order valence-corrected chi connectivity index (χ1v) is 6.58. The van der Waals surface area contributed by atoms with Crippen molar-refractivity contribution in [1.29, 1.82) is 0 Å². The number of benzene rings is 1. The maximum atomic E-state index is 4.16. The minimum absolute atomic E-state index is 0.747. The van der Waals surface area contributed by atoms with Crippen molar-refractivity contribution in [2.75, 3.05) is 6.54 Å². The summed E-state index contributed by atoms with van der Waals surface area (Å²) < 4.78 is 0. The van der Waals surface area contributed by atoms with Gasteiger partial charge in [-0.3, -0.25) is 0 Å². The lowest BCUT2D eigenvalue weighted by atomic mass is 10.0. The predicted octanol–water partition coefficient (Wildman–Crippen LogP) is 4.30. The van der Waals surface area contributed by atoms with E-state index in [0.29, 0.717) is 0 Å². The topological polar surface area (TPSA) is 12.0 Å². The Balaban J connectivity index is 2.66. The summed E-state index contributed by atoms with van der Waals surface area (Å²) in [4.78, 5) is 0. The third-order valence-corrected chi connectivity index (χ3v) is 3.48. The molecule has 0 aromatic heterocycles. The van der Waals surface area contributed by atoms with Crippen LogP contribution in [0.2, 0.25) is 0 Å². The standard InChI is InChI=1S/C16H25N/c1-6-15(7-2)11-17-14(5)16-10-12(3)8-9-13(16)4/h8-10,15,17H,5-7,11H2,1-4H3. The van der Waals surface area contributed by atoms with Gasteiger partial charge in [-0.1, -0.05) is 51.0 Å². The first kappa shape index (κ1) is 13.8. The van der Waals surface area contributed by atoms with E-state index in [1.807, 2.05) is 0 Å². The van der Waals surface area contributed by atoms with Crippen molar-refractivity contribution >= 4 is 5.70 Å². The Hall–Kier alpha value is -1.24. The van der Waals surface area contributed by atoms with E-state index in [1.165, 1.54) is 29.5 Å². The van der Waals surface area contributed by atoms with Crippen molar-refractivity contribution in [3.8, 4) is 0 Å². The SMILES string of the molecule is C=C(NCC(CC)CC)c1cc(C)ccc1C. The lowest BCUT2D eigenvalue weighted by Gasteiger charge is -2.17. The second kappa shape index (κ2) is 6.48. The first-order valence-electron chi connectivity index (χ1n) is 6.58. The van der Waals surface area contributed by atoms with Gasteiger partial charge in [0.1, 0.15) is 0 Å². The Labute approximate surface area is 106 Å². The highest BCUT2D eigenvalue weighted by Gasteiger charge is 2.06. The third kappa shape index (κ3) is 3.92. The molecule has 94 valence electrons. The smallest absolute Gasteiger partial charge is 0.0343 e. The van der Waals surface area contributed by atoms with Crippen LogP contribution in [0, 0.1) is 19.8 Å². The van der Waals surface area contributed by atoms with Gasteiger partial charge in [0.25, 0.3) is 0 Å². The van der Waals surface area contributed by atoms with Gasteiger partial charge in [-0.25, -0.2) is 0 Å². The Bertz CT molecular complexity index is 375. The lowest BCUT2D eigenvalue weighted by Crippen LogP contribution is -2.20. The minimum Gasteiger partial charge on any atom is -0.385 e. The summed E-state index contributed by atoms with van der Waals surface area (Å²) in [7, 11) is 0. The predicted molar refractivity (Wildman–Crippen MR) is 77.0 cm³/mol. The van der Waals surface area contributed by atoms with Crippen molar-refractivity contribution < 1.29 is 0 Å². The third-order valence-electron chi connectivity index (χ3n) is 3.48. The van der Waals surface area contributed by atoms with Crippen LogP contribution in [0.3, 0.4) is 0 Å². The Kier molecular flexibility index (Phi) is 5.27. The van der Waals surface area contributed by atoms with Gasteiger partial charge in [-0.2, -0.15) is 0 Å². The van der Waals surface area contributed by atoms with E-state index in [-0.39, 0.29) is 0 Å². The van der Waals surface area contributed by atoms with E-state index in [2.05, 4.69) is 57.8 Å². The van der Waals surface area contributed by atoms with E-state index in [9.17, 15) is 0 Å². The van der Waals surface area contributed by atoms with Gasteiger partial charge in [0, 0.05) is 17.8 Å². The Morgan fingerprint density at radius 3 is 2.47 bits per heavy atom. The van der Waals surface area contributed by atoms with E-state index in [1.54, 1.807) is 0 Å². The average molecular weight is 231 g/mol. The molecule has 0 fully saturated rings. The molecule has 1 N–H and O–H groups in total. The maximum absolute atomic E-state index is 4.16. The summed E-state index contributed by atoms with van der Waals surface area (Å²) in [6.07, 6.45) is 2.45. The fraction of sp³-hybridized carbons (Fsp3) is 0.500. The van der Waals surface area contributed by atoms with Gasteiger partial charge in [0.15, 0.2) is 0 Å². The summed E-state index contributed by atoms with van der Waals surface area (Å²) in [5, 5.41) is 3.47. The average Bonchev–Trinajstić information content (AvgIpc) is 2.33. The van der Waals surface area contributed by atoms with Crippen LogP contribution in [-0.2, 0) is 0 Å². The van der Waals surface area contributed by atoms with E-state index in [0.717, 1.165) is 18.2 Å². The molecule has 0 radical (unpaired) electrons. The molecule has 0 heterocycles. The van der Waals surface area contributed by atoms with Crippen LogP contribution in [0.4, 0.5) is 0 Å². The van der Waals surface area contributed by atoms with Crippen LogP contribution in [-0.4, -0.2) is 6.54 Å². The van der Waals surface area contributed by atoms with E-state index in [4.69, 9.17) is 0 Å². The van der Waals surface area contributed by atoms with Gasteiger partial charge in [-0.15, -0.1) is 0 Å². The second-order valence-electron chi connectivity index (χ2n) is 4.86. The largest absolute Gasteiger partial charge is 0.385 e. The van der Waals surface area contributed by atoms with Crippen LogP contribution in [0.25, 0.3) is 5.70 Å². The van der Waals surface area contributed by atoms with Crippen molar-refractivity contribution in [2.24, 2.45) is 5.92 Å². The number of aryl methyl sites for hydroxylation is 2. The van der Waals surface area contributed by atoms with Gasteiger partial charge in [-0.05, 0) is 31.4 Å². The molecule has 1 rings (SSSR count). The van der Waals surface area contributed by atoms with Crippen LogP contribution in [0.5, 0.6) is 0 Å².